The van der Waals surface area contributed by atoms with Crippen molar-refractivity contribution in [3.05, 3.63) is 0 Å². The molecule has 0 saturated heterocycles. The van der Waals surface area contributed by atoms with Crippen molar-refractivity contribution >= 4 is 0 Å². The van der Waals surface area contributed by atoms with E-state index in [9.17, 15) is 0 Å². The summed E-state index contributed by atoms with van der Waals surface area (Å²) in [5.41, 5.74) is 52.3. The maximum atomic E-state index is 6.97. The van der Waals surface area contributed by atoms with Gasteiger partial charge >= 0.3 is 0 Å². The summed E-state index contributed by atoms with van der Waals surface area (Å²) >= 11 is 0. The number of rotatable bonds is 33. The fourth-order valence-electron chi connectivity index (χ4n) is 6.14. The molecule has 12 heteroatoms. The molecule has 0 radical (unpaired) electrons. The van der Waals surface area contributed by atoms with Crippen LogP contribution in [0.2, 0.25) is 0 Å². The SMILES string of the molecule is NCCCC(N)(CCCN)C(CCN)(CCCN)CCCN.NCCCNCCCNCCCCN(CCCN)CCCN. The average molecular weight is 633 g/mol. The molecule has 0 spiro atoms. The minimum Gasteiger partial charge on any atom is -0.330 e. The normalized spacial score (nSPS) is 12.1. The molecule has 0 aromatic heterocycles. The van der Waals surface area contributed by atoms with Crippen LogP contribution in [0, 0.1) is 5.41 Å². The van der Waals surface area contributed by atoms with Gasteiger partial charge in [-0.1, -0.05) is 0 Å². The first-order valence-corrected chi connectivity index (χ1v) is 17.9. The van der Waals surface area contributed by atoms with Gasteiger partial charge in [-0.25, -0.2) is 0 Å². The summed E-state index contributed by atoms with van der Waals surface area (Å²) in [7, 11) is 0. The topological polar surface area (TPSA) is 261 Å². The number of hydrogen-bond donors (Lipinski definition) is 11. The van der Waals surface area contributed by atoms with Crippen molar-refractivity contribution < 1.29 is 0 Å². The Morgan fingerprint density at radius 3 is 1.18 bits per heavy atom. The zero-order valence-electron chi connectivity index (χ0n) is 28.9. The first kappa shape index (κ1) is 45.6. The van der Waals surface area contributed by atoms with E-state index in [0.29, 0.717) is 32.7 Å². The van der Waals surface area contributed by atoms with Crippen LogP contribution in [0.3, 0.4) is 0 Å². The van der Waals surface area contributed by atoms with Crippen LogP contribution in [-0.4, -0.2) is 109 Å². The van der Waals surface area contributed by atoms with Crippen molar-refractivity contribution in [2.45, 2.75) is 102 Å². The van der Waals surface area contributed by atoms with Crippen LogP contribution in [-0.2, 0) is 0 Å². The predicted molar refractivity (Wildman–Crippen MR) is 193 cm³/mol. The van der Waals surface area contributed by atoms with Crippen LogP contribution in [0.25, 0.3) is 0 Å². The van der Waals surface area contributed by atoms with Crippen LogP contribution >= 0.6 is 0 Å². The standard InChI is InChI=1S/2C16H40N6/c17-10-1-5-15(9-14-21,6-2-11-18)16(22,7-3-12-19)8-4-13-20;17-7-3-11-21-13-6-12-20-10-1-2-14-22(15-4-8-18)16-5-9-19/h1-14,17-22H2;20-21H,1-19H2. The molecule has 0 fully saturated rings. The zero-order chi connectivity index (χ0) is 33.2. The van der Waals surface area contributed by atoms with E-state index in [0.717, 1.165) is 136 Å². The van der Waals surface area contributed by atoms with Gasteiger partial charge in [0.25, 0.3) is 0 Å². The Labute approximate surface area is 272 Å². The van der Waals surface area contributed by atoms with E-state index in [1.807, 2.05) is 0 Å². The van der Waals surface area contributed by atoms with Gasteiger partial charge in [0, 0.05) is 5.54 Å². The van der Waals surface area contributed by atoms with Gasteiger partial charge in [0.2, 0.25) is 0 Å². The van der Waals surface area contributed by atoms with E-state index in [1.54, 1.807) is 0 Å². The fraction of sp³-hybridized carbons (Fsp3) is 1.00. The third-order valence-corrected chi connectivity index (χ3v) is 8.75. The molecule has 0 saturated carbocycles. The Kier molecular flexibility index (Phi) is 35.1. The smallest absolute Gasteiger partial charge is 0.0212 e. The van der Waals surface area contributed by atoms with Crippen LogP contribution in [0.1, 0.15) is 96.3 Å². The van der Waals surface area contributed by atoms with Crippen molar-refractivity contribution in [3.8, 4) is 0 Å². The van der Waals surface area contributed by atoms with Gasteiger partial charge < -0.3 is 67.1 Å². The minimum absolute atomic E-state index is 0.00910. The quantitative estimate of drug-likeness (QED) is 0.0415. The van der Waals surface area contributed by atoms with Crippen LogP contribution < -0.4 is 62.2 Å². The molecule has 0 unspecified atom stereocenters. The van der Waals surface area contributed by atoms with Crippen LogP contribution in [0.4, 0.5) is 0 Å². The molecular formula is C32H80N12. The van der Waals surface area contributed by atoms with Gasteiger partial charge in [0.15, 0.2) is 0 Å². The Morgan fingerprint density at radius 1 is 0.364 bits per heavy atom. The van der Waals surface area contributed by atoms with Gasteiger partial charge in [-0.2, -0.15) is 0 Å². The van der Waals surface area contributed by atoms with Gasteiger partial charge in [-0.05, 0) is 200 Å². The lowest BCUT2D eigenvalue weighted by molar-refractivity contribution is 0.0614. The summed E-state index contributed by atoms with van der Waals surface area (Å²) in [4.78, 5) is 2.50. The highest BCUT2D eigenvalue weighted by molar-refractivity contribution is 5.02. The fourth-order valence-corrected chi connectivity index (χ4v) is 6.14. The summed E-state index contributed by atoms with van der Waals surface area (Å²) in [6.45, 7) is 13.4. The largest absolute Gasteiger partial charge is 0.330 e. The first-order chi connectivity index (χ1) is 21.4. The second kappa shape index (κ2) is 33.9. The van der Waals surface area contributed by atoms with E-state index in [4.69, 9.17) is 51.6 Å². The van der Waals surface area contributed by atoms with Crippen molar-refractivity contribution in [1.29, 1.82) is 0 Å². The molecule has 12 nitrogen and oxygen atoms in total. The van der Waals surface area contributed by atoms with E-state index in [2.05, 4.69) is 15.5 Å². The molecule has 0 heterocycles. The van der Waals surface area contributed by atoms with Crippen LogP contribution in [0.15, 0.2) is 0 Å². The monoisotopic (exact) mass is 633 g/mol. The number of nitrogens with two attached hydrogens (primary N) is 9. The molecule has 0 aromatic carbocycles. The van der Waals surface area contributed by atoms with Gasteiger partial charge in [0.05, 0.1) is 0 Å². The molecule has 0 aromatic rings. The maximum absolute atomic E-state index is 6.97. The van der Waals surface area contributed by atoms with Gasteiger partial charge in [-0.3, -0.25) is 0 Å². The Hall–Kier alpha value is -0.480. The highest BCUT2D eigenvalue weighted by Crippen LogP contribution is 2.46. The highest BCUT2D eigenvalue weighted by atomic mass is 15.1. The lowest BCUT2D eigenvalue weighted by atomic mass is 9.59. The Bertz CT molecular complexity index is 531. The van der Waals surface area contributed by atoms with Crippen molar-refractivity contribution in [2.24, 2.45) is 57.0 Å². The van der Waals surface area contributed by atoms with Crippen molar-refractivity contribution in [1.82, 2.24) is 15.5 Å². The van der Waals surface area contributed by atoms with Gasteiger partial charge in [-0.15, -0.1) is 0 Å². The third-order valence-electron chi connectivity index (χ3n) is 8.75. The highest BCUT2D eigenvalue weighted by Gasteiger charge is 2.45. The van der Waals surface area contributed by atoms with E-state index >= 15 is 0 Å². The van der Waals surface area contributed by atoms with E-state index in [-0.39, 0.29) is 11.0 Å². The third kappa shape index (κ3) is 23.8. The summed E-state index contributed by atoms with van der Waals surface area (Å²) in [6.07, 6.45) is 15.5. The molecule has 0 amide bonds. The molecule has 20 N–H and O–H groups in total. The van der Waals surface area contributed by atoms with Gasteiger partial charge in [0.1, 0.15) is 0 Å². The molecule has 0 bridgehead atoms. The lowest BCUT2D eigenvalue weighted by Crippen LogP contribution is -2.57. The zero-order valence-corrected chi connectivity index (χ0v) is 28.9. The second-order valence-electron chi connectivity index (χ2n) is 12.4. The lowest BCUT2D eigenvalue weighted by Gasteiger charge is -2.50. The summed E-state index contributed by atoms with van der Waals surface area (Å²) < 4.78 is 0. The molecule has 0 aliphatic carbocycles. The second-order valence-corrected chi connectivity index (χ2v) is 12.4. The Balaban J connectivity index is 0. The summed E-state index contributed by atoms with van der Waals surface area (Å²) in [5.74, 6) is 0. The molecule has 44 heavy (non-hydrogen) atoms. The van der Waals surface area contributed by atoms with E-state index in [1.165, 1.54) is 25.8 Å². The van der Waals surface area contributed by atoms with Crippen molar-refractivity contribution in [3.63, 3.8) is 0 Å². The predicted octanol–water partition coefficient (Wildman–Crippen LogP) is -0.341. The molecule has 0 atom stereocenters. The molecule has 0 aliphatic heterocycles. The summed E-state index contributed by atoms with van der Waals surface area (Å²) in [5, 5.41) is 6.91. The molecular weight excluding hydrogens is 552 g/mol. The minimum atomic E-state index is -0.282. The average Bonchev–Trinajstić information content (AvgIpc) is 3.04. The number of unbranched alkanes of at least 4 members (excludes halogenated alkanes) is 1. The molecule has 268 valence electrons. The van der Waals surface area contributed by atoms with Crippen molar-refractivity contribution in [2.75, 3.05) is 98.2 Å². The Morgan fingerprint density at radius 2 is 0.750 bits per heavy atom. The number of nitrogens with zero attached hydrogens (tertiary/aromatic N) is 1. The van der Waals surface area contributed by atoms with E-state index < -0.39 is 0 Å². The van der Waals surface area contributed by atoms with Crippen LogP contribution in [0.5, 0.6) is 0 Å². The molecule has 0 aliphatic rings. The summed E-state index contributed by atoms with van der Waals surface area (Å²) in [6, 6.07) is 0. The number of nitrogens with one attached hydrogen (secondary N) is 2. The maximum Gasteiger partial charge on any atom is 0.0212 e. The first-order valence-electron chi connectivity index (χ1n) is 17.9. The molecule has 0 rings (SSSR count). The number of hydrogen-bond acceptors (Lipinski definition) is 12.